The van der Waals surface area contributed by atoms with E-state index in [2.05, 4.69) is 25.6 Å². The Balaban J connectivity index is 2.44. The molecule has 0 unspecified atom stereocenters. The van der Waals surface area contributed by atoms with Gasteiger partial charge in [-0.15, -0.1) is 6.58 Å². The quantitative estimate of drug-likeness (QED) is 0.678. The van der Waals surface area contributed by atoms with E-state index in [1.54, 1.807) is 0 Å². The van der Waals surface area contributed by atoms with Crippen LogP contribution in [0.4, 0.5) is 4.39 Å². The number of hydrogen-bond donors (Lipinski definition) is 0. The number of rotatable bonds is 3. The summed E-state index contributed by atoms with van der Waals surface area (Å²) in [6.45, 7) is 5.96. The van der Waals surface area contributed by atoms with Gasteiger partial charge in [0.1, 0.15) is 5.82 Å². The summed E-state index contributed by atoms with van der Waals surface area (Å²) in [5.74, 6) is -0.0851. The van der Waals surface area contributed by atoms with E-state index in [1.807, 2.05) is 30.3 Å². The molecule has 2 aromatic rings. The van der Waals surface area contributed by atoms with Crippen molar-refractivity contribution in [2.45, 2.75) is 12.8 Å². The minimum atomic E-state index is -0.207. The molecule has 0 N–H and O–H groups in total. The largest absolute Gasteiger partial charge is 0.207 e. The molecule has 0 saturated heterocycles. The van der Waals surface area contributed by atoms with Gasteiger partial charge in [0.05, 0.1) is 0 Å². The van der Waals surface area contributed by atoms with Crippen LogP contribution >= 0.6 is 0 Å². The Morgan fingerprint density at radius 1 is 1.06 bits per heavy atom. The second-order valence-electron chi connectivity index (χ2n) is 4.12. The van der Waals surface area contributed by atoms with E-state index in [-0.39, 0.29) is 11.7 Å². The molecule has 0 aliphatic carbocycles. The summed E-state index contributed by atoms with van der Waals surface area (Å²) < 4.78 is 12.9. The maximum absolute atomic E-state index is 12.9. The molecule has 0 aliphatic rings. The van der Waals surface area contributed by atoms with Crippen molar-refractivity contribution in [2.24, 2.45) is 0 Å². The van der Waals surface area contributed by atoms with Crippen molar-refractivity contribution in [2.75, 3.05) is 0 Å². The Hall–Kier alpha value is -1.89. The lowest BCUT2D eigenvalue weighted by Gasteiger charge is -2.16. The molecule has 0 fully saturated rings. The summed E-state index contributed by atoms with van der Waals surface area (Å²) in [5.41, 5.74) is 3.51. The van der Waals surface area contributed by atoms with Crippen molar-refractivity contribution >= 4 is 0 Å². The summed E-state index contributed by atoms with van der Waals surface area (Å²) in [6, 6.07) is 14.8. The van der Waals surface area contributed by atoms with Crippen LogP contribution in [-0.2, 0) is 0 Å². The molecule has 0 bridgehead atoms. The third-order valence-corrected chi connectivity index (χ3v) is 2.99. The molecule has 86 valence electrons. The van der Waals surface area contributed by atoms with Crippen LogP contribution in [-0.4, -0.2) is 0 Å². The van der Waals surface area contributed by atoms with Crippen LogP contribution in [0.3, 0.4) is 0 Å². The first-order chi connectivity index (χ1) is 8.22. The Labute approximate surface area is 101 Å². The molecular weight excluding hydrogens is 211 g/mol. The highest BCUT2D eigenvalue weighted by atomic mass is 19.1. The Morgan fingerprint density at radius 3 is 2.29 bits per heavy atom. The first-order valence-electron chi connectivity index (χ1n) is 5.66. The second-order valence-corrected chi connectivity index (χ2v) is 4.12. The van der Waals surface area contributed by atoms with Crippen LogP contribution in [0.1, 0.15) is 22.6 Å². The lowest BCUT2D eigenvalue weighted by atomic mass is 9.89. The molecular formula is C16H15F. The molecule has 0 aromatic heterocycles. The smallest absolute Gasteiger partial charge is 0.123 e. The average Bonchev–Trinajstić information content (AvgIpc) is 2.35. The van der Waals surface area contributed by atoms with Crippen LogP contribution in [0.5, 0.6) is 0 Å². The van der Waals surface area contributed by atoms with Gasteiger partial charge in [0.15, 0.2) is 0 Å². The molecule has 0 saturated carbocycles. The minimum Gasteiger partial charge on any atom is -0.207 e. The summed E-state index contributed by atoms with van der Waals surface area (Å²) in [4.78, 5) is 0. The van der Waals surface area contributed by atoms with Crippen molar-refractivity contribution in [3.05, 3.63) is 83.7 Å². The molecule has 0 aliphatic heterocycles. The number of aryl methyl sites for hydroxylation is 1. The fourth-order valence-corrected chi connectivity index (χ4v) is 2.05. The van der Waals surface area contributed by atoms with E-state index in [4.69, 9.17) is 0 Å². The van der Waals surface area contributed by atoms with Gasteiger partial charge in [0.25, 0.3) is 0 Å². The highest BCUT2D eigenvalue weighted by molar-refractivity contribution is 5.40. The number of allylic oxidation sites excluding steroid dienone is 1. The van der Waals surface area contributed by atoms with Gasteiger partial charge in [-0.25, -0.2) is 4.39 Å². The maximum Gasteiger partial charge on any atom is 0.123 e. The predicted octanol–water partition coefficient (Wildman–Crippen LogP) is 4.45. The zero-order valence-electron chi connectivity index (χ0n) is 9.86. The number of halogens is 1. The van der Waals surface area contributed by atoms with Crippen molar-refractivity contribution in [3.8, 4) is 0 Å². The van der Waals surface area contributed by atoms with Crippen LogP contribution in [0.15, 0.2) is 61.2 Å². The van der Waals surface area contributed by atoms with Crippen LogP contribution in [0, 0.1) is 12.7 Å². The average molecular weight is 226 g/mol. The van der Waals surface area contributed by atoms with Crippen LogP contribution in [0.25, 0.3) is 0 Å². The molecule has 0 radical (unpaired) electrons. The Morgan fingerprint density at radius 2 is 1.71 bits per heavy atom. The summed E-state index contributed by atoms with van der Waals surface area (Å²) >= 11 is 0. The van der Waals surface area contributed by atoms with E-state index < -0.39 is 0 Å². The molecule has 0 heterocycles. The monoisotopic (exact) mass is 226 g/mol. The van der Waals surface area contributed by atoms with Gasteiger partial charge in [-0.2, -0.15) is 0 Å². The highest BCUT2D eigenvalue weighted by Gasteiger charge is 2.11. The first kappa shape index (κ1) is 11.6. The molecule has 0 spiro atoms. The second kappa shape index (κ2) is 4.96. The Bertz CT molecular complexity index is 511. The third kappa shape index (κ3) is 2.44. The fraction of sp³-hybridized carbons (Fsp3) is 0.125. The van der Waals surface area contributed by atoms with E-state index in [0.29, 0.717) is 0 Å². The first-order valence-corrected chi connectivity index (χ1v) is 5.66. The van der Waals surface area contributed by atoms with Gasteiger partial charge in [-0.3, -0.25) is 0 Å². The molecule has 1 atom stereocenters. The molecule has 2 rings (SSSR count). The van der Waals surface area contributed by atoms with Gasteiger partial charge in [-0.1, -0.05) is 42.5 Å². The summed E-state index contributed by atoms with van der Waals surface area (Å²) in [6.07, 6.45) is 1.90. The van der Waals surface area contributed by atoms with Crippen molar-refractivity contribution in [1.82, 2.24) is 0 Å². The van der Waals surface area contributed by atoms with Gasteiger partial charge in [-0.05, 0) is 35.7 Å². The van der Waals surface area contributed by atoms with Gasteiger partial charge < -0.3 is 0 Å². The van der Waals surface area contributed by atoms with E-state index in [1.165, 1.54) is 23.3 Å². The zero-order chi connectivity index (χ0) is 12.3. The molecule has 0 amide bonds. The number of hydrogen-bond acceptors (Lipinski definition) is 0. The molecule has 17 heavy (non-hydrogen) atoms. The fourth-order valence-electron chi connectivity index (χ4n) is 2.05. The summed E-state index contributed by atoms with van der Waals surface area (Å²) in [7, 11) is 0. The van der Waals surface area contributed by atoms with Gasteiger partial charge in [0.2, 0.25) is 0 Å². The lowest BCUT2D eigenvalue weighted by Crippen LogP contribution is -1.99. The van der Waals surface area contributed by atoms with Crippen molar-refractivity contribution in [3.63, 3.8) is 0 Å². The summed E-state index contributed by atoms with van der Waals surface area (Å²) in [5, 5.41) is 0. The predicted molar refractivity (Wildman–Crippen MR) is 69.6 cm³/mol. The number of benzene rings is 2. The maximum atomic E-state index is 12.9. The van der Waals surface area contributed by atoms with Crippen molar-refractivity contribution < 1.29 is 4.39 Å². The normalized spacial score (nSPS) is 12.1. The van der Waals surface area contributed by atoms with E-state index in [9.17, 15) is 4.39 Å². The van der Waals surface area contributed by atoms with E-state index in [0.717, 1.165) is 5.56 Å². The SMILES string of the molecule is C=C[C@@H](c1ccc(F)cc1)c1ccccc1C. The van der Waals surface area contributed by atoms with Gasteiger partial charge >= 0.3 is 0 Å². The van der Waals surface area contributed by atoms with Crippen molar-refractivity contribution in [1.29, 1.82) is 0 Å². The van der Waals surface area contributed by atoms with Crippen LogP contribution in [0.2, 0.25) is 0 Å². The van der Waals surface area contributed by atoms with Crippen LogP contribution < -0.4 is 0 Å². The Kier molecular flexibility index (Phi) is 3.38. The van der Waals surface area contributed by atoms with E-state index >= 15 is 0 Å². The molecule has 2 aromatic carbocycles. The minimum absolute atomic E-state index is 0.122. The standard InChI is InChI=1S/C16H15F/c1-3-15(13-8-10-14(17)11-9-13)16-7-5-4-6-12(16)2/h3-11,15H,1H2,2H3/t15-/m0/s1. The molecule has 1 heteroatoms. The zero-order valence-corrected chi connectivity index (χ0v) is 9.86. The third-order valence-electron chi connectivity index (χ3n) is 2.99. The molecule has 0 nitrogen and oxygen atoms in total. The van der Waals surface area contributed by atoms with Gasteiger partial charge in [0, 0.05) is 5.92 Å². The lowest BCUT2D eigenvalue weighted by molar-refractivity contribution is 0.627. The topological polar surface area (TPSA) is 0 Å². The highest BCUT2D eigenvalue weighted by Crippen LogP contribution is 2.28.